The first-order valence-electron chi connectivity index (χ1n) is 8.42. The van der Waals surface area contributed by atoms with E-state index in [9.17, 15) is 9.59 Å². The number of hydrogen-bond acceptors (Lipinski definition) is 6. The van der Waals surface area contributed by atoms with Crippen molar-refractivity contribution in [3.05, 3.63) is 83.9 Å². The van der Waals surface area contributed by atoms with Crippen LogP contribution in [0.4, 0.5) is 0 Å². The first-order valence-corrected chi connectivity index (χ1v) is 8.42. The average molecular weight is 378 g/mol. The lowest BCUT2D eigenvalue weighted by molar-refractivity contribution is 0.0692. The van der Waals surface area contributed by atoms with E-state index < -0.39 is 11.9 Å². The molecule has 0 saturated heterocycles. The molecule has 3 aromatic rings. The monoisotopic (exact) mass is 378 g/mol. The summed E-state index contributed by atoms with van der Waals surface area (Å²) in [6.07, 6.45) is 0. The lowest BCUT2D eigenvalue weighted by atomic mass is 10.1. The molecule has 0 unspecified atom stereocenters. The third kappa shape index (κ3) is 4.48. The molecule has 0 aromatic heterocycles. The molecule has 0 spiro atoms. The number of hydrogen-bond donors (Lipinski definition) is 0. The average Bonchev–Trinajstić information content (AvgIpc) is 2.74. The lowest BCUT2D eigenvalue weighted by Gasteiger charge is -2.10. The summed E-state index contributed by atoms with van der Waals surface area (Å²) in [6, 6.07) is 19.4. The van der Waals surface area contributed by atoms with E-state index in [2.05, 4.69) is 0 Å². The minimum Gasteiger partial charge on any atom is -0.497 e. The lowest BCUT2D eigenvalue weighted by Crippen LogP contribution is -2.17. The Bertz CT molecular complexity index is 881. The summed E-state index contributed by atoms with van der Waals surface area (Å²) >= 11 is 0. The van der Waals surface area contributed by atoms with Crippen molar-refractivity contribution in [3.63, 3.8) is 0 Å². The van der Waals surface area contributed by atoms with Gasteiger partial charge in [-0.1, -0.05) is 12.1 Å². The Morgan fingerprint density at radius 2 is 0.857 bits per heavy atom. The van der Waals surface area contributed by atoms with E-state index in [0.29, 0.717) is 23.0 Å². The van der Waals surface area contributed by atoms with Gasteiger partial charge in [-0.2, -0.15) is 0 Å². The molecule has 0 aliphatic carbocycles. The summed E-state index contributed by atoms with van der Waals surface area (Å²) in [5.74, 6) is 0.639. The highest BCUT2D eigenvalue weighted by molar-refractivity contribution is 6.04. The van der Waals surface area contributed by atoms with Crippen LogP contribution in [0.25, 0.3) is 0 Å². The summed E-state index contributed by atoms with van der Waals surface area (Å²) in [6.45, 7) is 0. The van der Waals surface area contributed by atoms with Crippen molar-refractivity contribution in [1.82, 2.24) is 0 Å². The van der Waals surface area contributed by atoms with Gasteiger partial charge < -0.3 is 18.9 Å². The number of methoxy groups -OCH3 is 2. The fraction of sp³-hybridized carbons (Fsp3) is 0.0909. The van der Waals surface area contributed by atoms with E-state index >= 15 is 0 Å². The summed E-state index contributed by atoms with van der Waals surface area (Å²) in [5.41, 5.74) is 0.216. The molecule has 0 N–H and O–H groups in total. The van der Waals surface area contributed by atoms with Gasteiger partial charge in [0.2, 0.25) is 0 Å². The van der Waals surface area contributed by atoms with Crippen LogP contribution < -0.4 is 18.9 Å². The van der Waals surface area contributed by atoms with Gasteiger partial charge in [-0.05, 0) is 60.7 Å². The molecule has 6 nitrogen and oxygen atoms in total. The Kier molecular flexibility index (Phi) is 5.91. The molecule has 3 aromatic carbocycles. The maximum Gasteiger partial charge on any atom is 0.344 e. The molecule has 28 heavy (non-hydrogen) atoms. The van der Waals surface area contributed by atoms with E-state index in [1.165, 1.54) is 12.1 Å². The Balaban J connectivity index is 1.76. The third-order valence-electron chi connectivity index (χ3n) is 3.91. The second-order valence-corrected chi connectivity index (χ2v) is 5.68. The van der Waals surface area contributed by atoms with E-state index in [4.69, 9.17) is 18.9 Å². The van der Waals surface area contributed by atoms with Crippen LogP contribution in [-0.4, -0.2) is 26.2 Å². The minimum absolute atomic E-state index is 0.108. The molecule has 6 heteroatoms. The third-order valence-corrected chi connectivity index (χ3v) is 3.91. The van der Waals surface area contributed by atoms with E-state index in [1.54, 1.807) is 74.9 Å². The number of rotatable bonds is 6. The van der Waals surface area contributed by atoms with Crippen LogP contribution in [0, 0.1) is 0 Å². The van der Waals surface area contributed by atoms with Crippen LogP contribution >= 0.6 is 0 Å². The largest absolute Gasteiger partial charge is 0.497 e. The SMILES string of the molecule is COc1ccc(OC(=O)c2ccccc2C(=O)Oc2ccc(OC)cc2)cc1. The molecular weight excluding hydrogens is 360 g/mol. The van der Waals surface area contributed by atoms with Gasteiger partial charge in [0, 0.05) is 0 Å². The Labute approximate surface area is 162 Å². The van der Waals surface area contributed by atoms with Crippen molar-refractivity contribution in [2.24, 2.45) is 0 Å². The number of carbonyl (C=O) groups is 2. The second kappa shape index (κ2) is 8.73. The fourth-order valence-electron chi connectivity index (χ4n) is 2.45. The smallest absolute Gasteiger partial charge is 0.344 e. The van der Waals surface area contributed by atoms with Crippen LogP contribution in [-0.2, 0) is 0 Å². The molecular formula is C22H18O6. The van der Waals surface area contributed by atoms with Crippen molar-refractivity contribution >= 4 is 11.9 Å². The van der Waals surface area contributed by atoms with E-state index in [1.807, 2.05) is 0 Å². The summed E-state index contributed by atoms with van der Waals surface area (Å²) in [5, 5.41) is 0. The highest BCUT2D eigenvalue weighted by Gasteiger charge is 2.20. The zero-order valence-corrected chi connectivity index (χ0v) is 15.4. The van der Waals surface area contributed by atoms with Crippen molar-refractivity contribution in [2.45, 2.75) is 0 Å². The number of esters is 2. The van der Waals surface area contributed by atoms with E-state index in [-0.39, 0.29) is 11.1 Å². The van der Waals surface area contributed by atoms with Crippen LogP contribution in [0.3, 0.4) is 0 Å². The number of benzene rings is 3. The molecule has 0 bridgehead atoms. The highest BCUT2D eigenvalue weighted by atomic mass is 16.5. The standard InChI is InChI=1S/C22H18O6/c1-25-15-7-11-17(12-8-15)27-21(23)19-5-3-4-6-20(19)22(24)28-18-13-9-16(26-2)10-14-18/h3-14H,1-2H3. The zero-order valence-electron chi connectivity index (χ0n) is 15.4. The predicted octanol–water partition coefficient (Wildman–Crippen LogP) is 4.14. The van der Waals surface area contributed by atoms with Crippen molar-refractivity contribution in [2.75, 3.05) is 14.2 Å². The van der Waals surface area contributed by atoms with Crippen molar-refractivity contribution in [1.29, 1.82) is 0 Å². The summed E-state index contributed by atoms with van der Waals surface area (Å²) < 4.78 is 20.8. The molecule has 0 fully saturated rings. The van der Waals surface area contributed by atoms with Gasteiger partial charge in [-0.3, -0.25) is 0 Å². The normalized spacial score (nSPS) is 10.1. The Hall–Kier alpha value is -3.80. The molecule has 0 amide bonds. The first-order chi connectivity index (χ1) is 13.6. The van der Waals surface area contributed by atoms with E-state index in [0.717, 1.165) is 0 Å². The quantitative estimate of drug-likeness (QED) is 0.474. The highest BCUT2D eigenvalue weighted by Crippen LogP contribution is 2.21. The first kappa shape index (κ1) is 19.0. The van der Waals surface area contributed by atoms with Gasteiger partial charge in [0.05, 0.1) is 25.3 Å². The van der Waals surface area contributed by atoms with Gasteiger partial charge in [0.1, 0.15) is 23.0 Å². The van der Waals surface area contributed by atoms with Gasteiger partial charge in [0.15, 0.2) is 0 Å². The second-order valence-electron chi connectivity index (χ2n) is 5.68. The van der Waals surface area contributed by atoms with Crippen LogP contribution in [0.1, 0.15) is 20.7 Å². The Morgan fingerprint density at radius 1 is 0.536 bits per heavy atom. The predicted molar refractivity (Wildman–Crippen MR) is 102 cm³/mol. The number of ether oxygens (including phenoxy) is 4. The zero-order chi connectivity index (χ0) is 19.9. The molecule has 0 heterocycles. The molecule has 142 valence electrons. The molecule has 0 saturated carbocycles. The minimum atomic E-state index is -0.660. The molecule has 0 radical (unpaired) electrons. The molecule has 0 aliphatic rings. The van der Waals surface area contributed by atoms with Crippen molar-refractivity contribution in [3.8, 4) is 23.0 Å². The maximum atomic E-state index is 12.6. The van der Waals surface area contributed by atoms with Gasteiger partial charge in [-0.25, -0.2) is 9.59 Å². The van der Waals surface area contributed by atoms with Crippen molar-refractivity contribution < 1.29 is 28.5 Å². The Morgan fingerprint density at radius 3 is 1.18 bits per heavy atom. The maximum absolute atomic E-state index is 12.6. The fourth-order valence-corrected chi connectivity index (χ4v) is 2.45. The van der Waals surface area contributed by atoms with Crippen LogP contribution in [0.15, 0.2) is 72.8 Å². The van der Waals surface area contributed by atoms with Gasteiger partial charge >= 0.3 is 11.9 Å². The van der Waals surface area contributed by atoms with Crippen LogP contribution in [0.5, 0.6) is 23.0 Å². The van der Waals surface area contributed by atoms with Crippen LogP contribution in [0.2, 0.25) is 0 Å². The molecule has 0 aliphatic heterocycles. The molecule has 3 rings (SSSR count). The number of carbonyl (C=O) groups excluding carboxylic acids is 2. The molecule has 0 atom stereocenters. The summed E-state index contributed by atoms with van der Waals surface area (Å²) in [4.78, 5) is 25.1. The van der Waals surface area contributed by atoms with Gasteiger partial charge in [-0.15, -0.1) is 0 Å². The van der Waals surface area contributed by atoms with Gasteiger partial charge in [0.25, 0.3) is 0 Å². The topological polar surface area (TPSA) is 71.1 Å². The summed E-state index contributed by atoms with van der Waals surface area (Å²) in [7, 11) is 3.09.